The molecule has 174 valence electrons. The van der Waals surface area contributed by atoms with Crippen LogP contribution in [-0.4, -0.2) is 38.2 Å². The third kappa shape index (κ3) is 6.08. The molecule has 0 radical (unpaired) electrons. The number of nitrogens with one attached hydrogen (secondary N) is 3. The number of hydrogen-bond acceptors (Lipinski definition) is 8. The fourth-order valence-corrected chi connectivity index (χ4v) is 4.45. The van der Waals surface area contributed by atoms with Crippen molar-refractivity contribution in [2.24, 2.45) is 0 Å². The minimum absolute atomic E-state index is 0.000362. The maximum absolute atomic E-state index is 13.1. The number of anilines is 1. The maximum atomic E-state index is 13.1. The summed E-state index contributed by atoms with van der Waals surface area (Å²) < 4.78 is 39.4. The van der Waals surface area contributed by atoms with Gasteiger partial charge in [0.1, 0.15) is 0 Å². The Kier molecular flexibility index (Phi) is 6.94. The molecule has 1 aliphatic heterocycles. The van der Waals surface area contributed by atoms with E-state index in [0.29, 0.717) is 11.6 Å². The number of thioether (sulfide) groups is 1. The number of amides is 2. The van der Waals surface area contributed by atoms with E-state index in [9.17, 15) is 22.8 Å². The highest BCUT2D eigenvalue weighted by Crippen LogP contribution is 2.31. The number of rotatable bonds is 6. The number of imide groups is 1. The van der Waals surface area contributed by atoms with Gasteiger partial charge >= 0.3 is 6.18 Å². The number of hydrogen-bond donors (Lipinski definition) is 3. The van der Waals surface area contributed by atoms with E-state index in [1.54, 1.807) is 12.3 Å². The number of halogens is 3. The highest BCUT2D eigenvalue weighted by molar-refractivity contribution is 8.18. The topological polar surface area (TPSA) is 109 Å². The lowest BCUT2D eigenvalue weighted by molar-refractivity contribution is -0.138. The Balaban J connectivity index is 1.29. The molecule has 3 heterocycles. The second kappa shape index (κ2) is 9.87. The van der Waals surface area contributed by atoms with Crippen molar-refractivity contribution in [2.75, 3.05) is 5.32 Å². The fraction of sp³-hybridized carbons (Fsp3) is 0.381. The van der Waals surface area contributed by atoms with Gasteiger partial charge in [-0.2, -0.15) is 13.2 Å². The molecule has 4 rings (SSSR count). The van der Waals surface area contributed by atoms with Gasteiger partial charge < -0.3 is 10.6 Å². The van der Waals surface area contributed by atoms with Crippen molar-refractivity contribution in [1.82, 2.24) is 25.6 Å². The molecule has 1 aliphatic carbocycles. The van der Waals surface area contributed by atoms with Crippen LogP contribution in [-0.2, 0) is 17.5 Å². The average molecular weight is 479 g/mol. The standard InChI is InChI=1S/C21H21F3N6O2S/c22-21(23,24)15-2-1-8-25-16(15)11-27-12-3-5-13(6-4-12)28-19-26-9-7-14(29-19)10-17-18(31)30-20(32)33-17/h1-2,7-10,12-13,27H,3-6,11H2,(H,26,28,29)(H,30,31,32)/b17-10+. The molecule has 2 aromatic heterocycles. The van der Waals surface area contributed by atoms with E-state index in [-0.39, 0.29) is 29.2 Å². The molecule has 3 N–H and O–H groups in total. The van der Waals surface area contributed by atoms with Crippen LogP contribution in [0, 0.1) is 0 Å². The van der Waals surface area contributed by atoms with Gasteiger partial charge in [-0.15, -0.1) is 0 Å². The number of nitrogens with zero attached hydrogens (tertiary/aromatic N) is 3. The van der Waals surface area contributed by atoms with E-state index in [2.05, 4.69) is 30.9 Å². The first kappa shape index (κ1) is 23.2. The van der Waals surface area contributed by atoms with Crippen molar-refractivity contribution in [3.8, 4) is 0 Å². The summed E-state index contributed by atoms with van der Waals surface area (Å²) in [7, 11) is 0. The third-order valence-electron chi connectivity index (χ3n) is 5.41. The molecule has 12 heteroatoms. The molecule has 8 nitrogen and oxygen atoms in total. The normalized spacial score (nSPS) is 22.5. The van der Waals surface area contributed by atoms with E-state index in [4.69, 9.17) is 0 Å². The molecule has 33 heavy (non-hydrogen) atoms. The smallest absolute Gasteiger partial charge is 0.351 e. The lowest BCUT2D eigenvalue weighted by atomic mass is 9.91. The second-order valence-electron chi connectivity index (χ2n) is 7.73. The van der Waals surface area contributed by atoms with Crippen molar-refractivity contribution in [3.63, 3.8) is 0 Å². The van der Waals surface area contributed by atoms with Crippen molar-refractivity contribution < 1.29 is 22.8 Å². The fourth-order valence-electron chi connectivity index (χ4n) is 3.78. The van der Waals surface area contributed by atoms with Gasteiger partial charge in [-0.3, -0.25) is 19.9 Å². The summed E-state index contributed by atoms with van der Waals surface area (Å²) in [6.45, 7) is 0.0619. The highest BCUT2D eigenvalue weighted by atomic mass is 32.2. The quantitative estimate of drug-likeness (QED) is 0.539. The number of pyridine rings is 1. The minimum Gasteiger partial charge on any atom is -0.351 e. The molecule has 0 atom stereocenters. The Hall–Kier alpha value is -2.99. The van der Waals surface area contributed by atoms with Crippen LogP contribution in [0.1, 0.15) is 42.6 Å². The van der Waals surface area contributed by atoms with Gasteiger partial charge in [0.2, 0.25) is 5.95 Å². The van der Waals surface area contributed by atoms with E-state index >= 15 is 0 Å². The van der Waals surface area contributed by atoms with Crippen LogP contribution in [0.3, 0.4) is 0 Å². The van der Waals surface area contributed by atoms with E-state index in [1.165, 1.54) is 18.3 Å². The number of alkyl halides is 3. The largest absolute Gasteiger partial charge is 0.418 e. The van der Waals surface area contributed by atoms with E-state index < -0.39 is 22.9 Å². The molecule has 1 saturated heterocycles. The van der Waals surface area contributed by atoms with Gasteiger partial charge in [-0.1, -0.05) is 0 Å². The molecule has 0 unspecified atom stereocenters. The molecule has 0 spiro atoms. The van der Waals surface area contributed by atoms with Crippen LogP contribution >= 0.6 is 11.8 Å². The molecule has 2 aliphatic rings. The molecule has 2 amide bonds. The van der Waals surface area contributed by atoms with Crippen molar-refractivity contribution in [2.45, 2.75) is 50.5 Å². The predicted octanol–water partition coefficient (Wildman–Crippen LogP) is 3.73. The van der Waals surface area contributed by atoms with Crippen LogP contribution in [0.25, 0.3) is 6.08 Å². The summed E-state index contributed by atoms with van der Waals surface area (Å²) in [6, 6.07) is 4.20. The maximum Gasteiger partial charge on any atom is 0.418 e. The van der Waals surface area contributed by atoms with Gasteiger partial charge in [0, 0.05) is 31.0 Å². The molecular weight excluding hydrogens is 457 g/mol. The summed E-state index contributed by atoms with van der Waals surface area (Å²) in [5, 5.41) is 8.25. The summed E-state index contributed by atoms with van der Waals surface area (Å²) in [4.78, 5) is 35.7. The van der Waals surface area contributed by atoms with Crippen molar-refractivity contribution in [3.05, 3.63) is 52.4 Å². The molecule has 0 bridgehead atoms. The first-order valence-corrected chi connectivity index (χ1v) is 11.2. The predicted molar refractivity (Wildman–Crippen MR) is 117 cm³/mol. The molecule has 1 saturated carbocycles. The van der Waals surface area contributed by atoms with Crippen LogP contribution < -0.4 is 16.0 Å². The first-order chi connectivity index (χ1) is 15.8. The molecule has 2 fully saturated rings. The second-order valence-corrected chi connectivity index (χ2v) is 8.74. The summed E-state index contributed by atoms with van der Waals surface area (Å²) in [5.74, 6) is -0.0317. The Bertz CT molecular complexity index is 1070. The average Bonchev–Trinajstić information content (AvgIpc) is 3.09. The Morgan fingerprint density at radius 3 is 2.55 bits per heavy atom. The number of aromatic nitrogens is 3. The summed E-state index contributed by atoms with van der Waals surface area (Å²) in [5.41, 5.74) is -0.205. The van der Waals surface area contributed by atoms with Crippen molar-refractivity contribution >= 4 is 34.9 Å². The zero-order valence-electron chi connectivity index (χ0n) is 17.4. The molecule has 2 aromatic rings. The van der Waals surface area contributed by atoms with Gasteiger partial charge in [-0.05, 0) is 61.7 Å². The van der Waals surface area contributed by atoms with Gasteiger partial charge in [0.15, 0.2) is 0 Å². The first-order valence-electron chi connectivity index (χ1n) is 10.4. The number of carbonyl (C=O) groups excluding carboxylic acids is 2. The summed E-state index contributed by atoms with van der Waals surface area (Å²) >= 11 is 0.822. The van der Waals surface area contributed by atoms with Crippen LogP contribution in [0.4, 0.5) is 23.9 Å². The van der Waals surface area contributed by atoms with Crippen LogP contribution in [0.5, 0.6) is 0 Å². The number of carbonyl (C=O) groups is 2. The van der Waals surface area contributed by atoms with Crippen LogP contribution in [0.2, 0.25) is 0 Å². The molecular formula is C21H21F3N6O2S. The lowest BCUT2D eigenvalue weighted by Crippen LogP contribution is -2.37. The lowest BCUT2D eigenvalue weighted by Gasteiger charge is -2.30. The summed E-state index contributed by atoms with van der Waals surface area (Å²) in [6.07, 6.45) is 3.22. The van der Waals surface area contributed by atoms with Crippen molar-refractivity contribution in [1.29, 1.82) is 0 Å². The Morgan fingerprint density at radius 1 is 1.09 bits per heavy atom. The highest BCUT2D eigenvalue weighted by Gasteiger charge is 2.34. The Morgan fingerprint density at radius 2 is 1.85 bits per heavy atom. The van der Waals surface area contributed by atoms with Gasteiger partial charge in [-0.25, -0.2) is 9.97 Å². The van der Waals surface area contributed by atoms with Gasteiger partial charge in [0.05, 0.1) is 21.9 Å². The van der Waals surface area contributed by atoms with E-state index in [0.717, 1.165) is 43.5 Å². The van der Waals surface area contributed by atoms with Gasteiger partial charge in [0.25, 0.3) is 11.1 Å². The van der Waals surface area contributed by atoms with E-state index in [1.807, 2.05) is 0 Å². The zero-order chi connectivity index (χ0) is 23.4. The monoisotopic (exact) mass is 478 g/mol. The Labute approximate surface area is 191 Å². The SMILES string of the molecule is O=C1NC(=O)/C(=C\c2ccnc(NC3CCC(NCc4ncccc4C(F)(F)F)CC3)n2)S1. The minimum atomic E-state index is -4.42. The van der Waals surface area contributed by atoms with Crippen LogP contribution in [0.15, 0.2) is 35.5 Å². The third-order valence-corrected chi connectivity index (χ3v) is 6.22. The zero-order valence-corrected chi connectivity index (χ0v) is 18.2. The molecule has 0 aromatic carbocycles.